The molecule has 0 aromatic rings. The van der Waals surface area contributed by atoms with Crippen molar-refractivity contribution in [1.29, 1.82) is 0 Å². The van der Waals surface area contributed by atoms with E-state index < -0.39 is 36.4 Å². The molecule has 0 rings (SSSR count). The van der Waals surface area contributed by atoms with Gasteiger partial charge in [-0.25, -0.2) is 4.79 Å². The lowest BCUT2D eigenvalue weighted by Crippen LogP contribution is -2.49. The van der Waals surface area contributed by atoms with Crippen molar-refractivity contribution in [3.05, 3.63) is 0 Å². The van der Waals surface area contributed by atoms with Gasteiger partial charge in [-0.3, -0.25) is 9.59 Å². The van der Waals surface area contributed by atoms with Gasteiger partial charge in [0.2, 0.25) is 5.91 Å². The fraction of sp³-hybridized carbons (Fsp3) is 0.727. The molecule has 0 fully saturated rings. The van der Waals surface area contributed by atoms with Gasteiger partial charge in [-0.1, -0.05) is 13.8 Å². The van der Waals surface area contributed by atoms with E-state index in [1.807, 2.05) is 13.8 Å². The van der Waals surface area contributed by atoms with Gasteiger partial charge in [0.15, 0.2) is 0 Å². The first-order chi connectivity index (χ1) is 8.27. The maximum Gasteiger partial charge on any atom is 0.328 e. The van der Waals surface area contributed by atoms with Gasteiger partial charge < -0.3 is 20.9 Å². The zero-order chi connectivity index (χ0) is 14.3. The number of esters is 1. The highest BCUT2D eigenvalue weighted by molar-refractivity contribution is 5.89. The minimum atomic E-state index is -1.18. The van der Waals surface area contributed by atoms with Crippen molar-refractivity contribution >= 4 is 17.8 Å². The number of rotatable bonds is 7. The lowest BCUT2D eigenvalue weighted by atomic mass is 10.0. The van der Waals surface area contributed by atoms with Crippen LogP contribution in [0.25, 0.3) is 0 Å². The Morgan fingerprint density at radius 3 is 2.28 bits per heavy atom. The summed E-state index contributed by atoms with van der Waals surface area (Å²) in [5.74, 6) is -2.24. The number of hydrogen-bond donors (Lipinski definition) is 3. The largest absolute Gasteiger partial charge is 0.481 e. The third-order valence-electron chi connectivity index (χ3n) is 2.24. The van der Waals surface area contributed by atoms with Crippen LogP contribution in [0.2, 0.25) is 0 Å². The third kappa shape index (κ3) is 6.19. The fourth-order valence-electron chi connectivity index (χ4n) is 1.39. The molecule has 0 saturated heterocycles. The summed E-state index contributed by atoms with van der Waals surface area (Å²) in [6.07, 6.45) is -0.0837. The molecule has 18 heavy (non-hydrogen) atoms. The van der Waals surface area contributed by atoms with Gasteiger partial charge in [0.05, 0.1) is 19.6 Å². The summed E-state index contributed by atoms with van der Waals surface area (Å²) in [6.45, 7) is 3.78. The molecule has 0 unspecified atom stereocenters. The summed E-state index contributed by atoms with van der Waals surface area (Å²) in [4.78, 5) is 33.4. The molecule has 0 aliphatic heterocycles. The van der Waals surface area contributed by atoms with Crippen molar-refractivity contribution in [2.75, 3.05) is 7.11 Å². The Labute approximate surface area is 106 Å². The zero-order valence-electron chi connectivity index (χ0n) is 10.8. The number of amides is 1. The Morgan fingerprint density at radius 2 is 1.89 bits per heavy atom. The number of ether oxygens (including phenoxy) is 1. The van der Waals surface area contributed by atoms with Crippen LogP contribution in [0, 0.1) is 5.92 Å². The molecular formula is C11H20N2O5. The van der Waals surface area contributed by atoms with Crippen LogP contribution in [-0.4, -0.2) is 42.1 Å². The number of hydrogen-bond acceptors (Lipinski definition) is 5. The van der Waals surface area contributed by atoms with E-state index >= 15 is 0 Å². The molecule has 1 amide bonds. The molecule has 0 aromatic heterocycles. The number of carboxylic acid groups (broad SMARTS) is 1. The van der Waals surface area contributed by atoms with Crippen LogP contribution < -0.4 is 11.1 Å². The average Bonchev–Trinajstić information content (AvgIpc) is 2.25. The minimum absolute atomic E-state index is 0.171. The van der Waals surface area contributed by atoms with Gasteiger partial charge in [-0.15, -0.1) is 0 Å². The summed E-state index contributed by atoms with van der Waals surface area (Å²) < 4.78 is 4.56. The molecule has 7 nitrogen and oxygen atoms in total. The van der Waals surface area contributed by atoms with Crippen LogP contribution >= 0.6 is 0 Å². The Balaban J connectivity index is 4.52. The number of carbonyl (C=O) groups is 3. The summed E-state index contributed by atoms with van der Waals surface area (Å²) in [5.41, 5.74) is 5.39. The Hall–Kier alpha value is -1.63. The fourth-order valence-corrected chi connectivity index (χ4v) is 1.39. The van der Waals surface area contributed by atoms with Crippen molar-refractivity contribution < 1.29 is 24.2 Å². The summed E-state index contributed by atoms with van der Waals surface area (Å²) >= 11 is 0. The normalized spacial score (nSPS) is 13.8. The van der Waals surface area contributed by atoms with Crippen molar-refractivity contribution in [3.8, 4) is 0 Å². The van der Waals surface area contributed by atoms with E-state index in [2.05, 4.69) is 10.1 Å². The standard InChI is InChI=1S/C11H20N2O5/c1-6(2)4-8(11(17)18-3)13-10(16)7(12)5-9(14)15/h6-8H,4-5,12H2,1-3H3,(H,13,16)(H,14,15)/t7-,8-/m0/s1. The zero-order valence-corrected chi connectivity index (χ0v) is 10.8. The molecule has 0 saturated carbocycles. The second kappa shape index (κ2) is 7.65. The van der Waals surface area contributed by atoms with Gasteiger partial charge in [0, 0.05) is 0 Å². The van der Waals surface area contributed by atoms with Gasteiger partial charge in [0.25, 0.3) is 0 Å². The monoisotopic (exact) mass is 260 g/mol. The molecule has 0 aliphatic carbocycles. The molecule has 0 spiro atoms. The van der Waals surface area contributed by atoms with Crippen molar-refractivity contribution in [2.24, 2.45) is 11.7 Å². The predicted molar refractivity (Wildman–Crippen MR) is 63.6 cm³/mol. The molecular weight excluding hydrogens is 240 g/mol. The van der Waals surface area contributed by atoms with Crippen LogP contribution in [0.1, 0.15) is 26.7 Å². The molecule has 0 aliphatic rings. The van der Waals surface area contributed by atoms with Gasteiger partial charge in [-0.05, 0) is 12.3 Å². The molecule has 0 radical (unpaired) electrons. The average molecular weight is 260 g/mol. The Bertz CT molecular complexity index is 317. The van der Waals surface area contributed by atoms with E-state index in [1.165, 1.54) is 7.11 Å². The Morgan fingerprint density at radius 1 is 1.33 bits per heavy atom. The Kier molecular flexibility index (Phi) is 6.96. The summed E-state index contributed by atoms with van der Waals surface area (Å²) in [5, 5.41) is 10.9. The maximum absolute atomic E-state index is 11.6. The molecule has 4 N–H and O–H groups in total. The van der Waals surface area contributed by atoms with E-state index in [1.54, 1.807) is 0 Å². The number of nitrogens with one attached hydrogen (secondary N) is 1. The SMILES string of the molecule is COC(=O)[C@H](CC(C)C)NC(=O)[C@@H](N)CC(=O)O. The van der Waals surface area contributed by atoms with Gasteiger partial charge >= 0.3 is 11.9 Å². The number of nitrogens with two attached hydrogens (primary N) is 1. The van der Waals surface area contributed by atoms with E-state index in [0.29, 0.717) is 6.42 Å². The quantitative estimate of drug-likeness (QED) is 0.530. The molecule has 104 valence electrons. The summed E-state index contributed by atoms with van der Waals surface area (Å²) in [7, 11) is 1.22. The lowest BCUT2D eigenvalue weighted by molar-refractivity contribution is -0.146. The van der Waals surface area contributed by atoms with Gasteiger partial charge in [0.1, 0.15) is 6.04 Å². The number of carboxylic acids is 1. The number of aliphatic carboxylic acids is 1. The molecule has 0 aromatic carbocycles. The van der Waals surface area contributed by atoms with Crippen molar-refractivity contribution in [1.82, 2.24) is 5.32 Å². The van der Waals surface area contributed by atoms with Crippen LogP contribution in [-0.2, 0) is 19.1 Å². The van der Waals surface area contributed by atoms with Crippen LogP contribution in [0.4, 0.5) is 0 Å². The number of methoxy groups -OCH3 is 1. The molecule has 0 bridgehead atoms. The molecule has 2 atom stereocenters. The minimum Gasteiger partial charge on any atom is -0.481 e. The van der Waals surface area contributed by atoms with E-state index in [9.17, 15) is 14.4 Å². The summed E-state index contributed by atoms with van der Waals surface area (Å²) in [6, 6.07) is -1.98. The lowest BCUT2D eigenvalue weighted by Gasteiger charge is -2.20. The second-order valence-corrected chi connectivity index (χ2v) is 4.42. The first-order valence-corrected chi connectivity index (χ1v) is 5.63. The highest BCUT2D eigenvalue weighted by Gasteiger charge is 2.26. The van der Waals surface area contributed by atoms with E-state index in [0.717, 1.165) is 0 Å². The van der Waals surface area contributed by atoms with Crippen LogP contribution in [0.3, 0.4) is 0 Å². The van der Waals surface area contributed by atoms with Crippen molar-refractivity contribution in [3.63, 3.8) is 0 Å². The predicted octanol–water partition coefficient (Wildman–Crippen LogP) is -0.508. The first-order valence-electron chi connectivity index (χ1n) is 5.63. The molecule has 0 heterocycles. The number of carbonyl (C=O) groups excluding carboxylic acids is 2. The van der Waals surface area contributed by atoms with Crippen LogP contribution in [0.5, 0.6) is 0 Å². The highest BCUT2D eigenvalue weighted by Crippen LogP contribution is 2.06. The van der Waals surface area contributed by atoms with E-state index in [-0.39, 0.29) is 5.92 Å². The van der Waals surface area contributed by atoms with Crippen LogP contribution in [0.15, 0.2) is 0 Å². The smallest absolute Gasteiger partial charge is 0.328 e. The van der Waals surface area contributed by atoms with E-state index in [4.69, 9.17) is 10.8 Å². The maximum atomic E-state index is 11.6. The van der Waals surface area contributed by atoms with Crippen molar-refractivity contribution in [2.45, 2.75) is 38.8 Å². The third-order valence-corrected chi connectivity index (χ3v) is 2.24. The first kappa shape index (κ1) is 16.4. The second-order valence-electron chi connectivity index (χ2n) is 4.42. The van der Waals surface area contributed by atoms with Gasteiger partial charge in [-0.2, -0.15) is 0 Å². The topological polar surface area (TPSA) is 119 Å². The highest BCUT2D eigenvalue weighted by atomic mass is 16.5. The molecule has 7 heteroatoms.